The number of nitrogens with zero attached hydrogens (tertiary/aromatic N) is 2. The quantitative estimate of drug-likeness (QED) is 0.684. The Kier molecular flexibility index (Phi) is 8.22. The van der Waals surface area contributed by atoms with Gasteiger partial charge in [-0.1, -0.05) is 24.3 Å². The molecule has 2 heterocycles. The van der Waals surface area contributed by atoms with Gasteiger partial charge in [0.1, 0.15) is 5.75 Å². The predicted octanol–water partition coefficient (Wildman–Crippen LogP) is 3.50. The van der Waals surface area contributed by atoms with Crippen LogP contribution in [0.1, 0.15) is 42.1 Å². The highest BCUT2D eigenvalue weighted by molar-refractivity contribution is 5.76. The van der Waals surface area contributed by atoms with Gasteiger partial charge in [0.2, 0.25) is 5.91 Å². The van der Waals surface area contributed by atoms with Crippen molar-refractivity contribution < 1.29 is 14.3 Å². The monoisotopic (exact) mass is 411 g/mol. The Morgan fingerprint density at radius 3 is 2.87 bits per heavy atom. The van der Waals surface area contributed by atoms with Crippen LogP contribution in [0.2, 0.25) is 0 Å². The van der Waals surface area contributed by atoms with Gasteiger partial charge in [-0.2, -0.15) is 0 Å². The van der Waals surface area contributed by atoms with Crippen molar-refractivity contribution in [2.75, 3.05) is 33.9 Å². The Morgan fingerprint density at radius 1 is 1.27 bits per heavy atom. The van der Waals surface area contributed by atoms with Crippen LogP contribution in [-0.4, -0.2) is 49.7 Å². The van der Waals surface area contributed by atoms with Crippen molar-refractivity contribution in [2.24, 2.45) is 5.92 Å². The van der Waals surface area contributed by atoms with Gasteiger partial charge in [-0.3, -0.25) is 14.7 Å². The van der Waals surface area contributed by atoms with Gasteiger partial charge in [-0.15, -0.1) is 0 Å². The minimum absolute atomic E-state index is 0.00461. The maximum absolute atomic E-state index is 12.5. The minimum Gasteiger partial charge on any atom is -0.496 e. The Hall–Kier alpha value is -2.44. The molecule has 162 valence electrons. The van der Waals surface area contributed by atoms with Crippen molar-refractivity contribution in [3.8, 4) is 5.75 Å². The smallest absolute Gasteiger partial charge is 0.222 e. The lowest BCUT2D eigenvalue weighted by molar-refractivity contribution is -0.123. The number of likely N-dealkylation sites (tertiary alicyclic amines) is 1. The maximum Gasteiger partial charge on any atom is 0.222 e. The van der Waals surface area contributed by atoms with Crippen LogP contribution in [0.3, 0.4) is 0 Å². The molecule has 1 amide bonds. The number of piperidine rings is 1. The van der Waals surface area contributed by atoms with Crippen LogP contribution in [0.25, 0.3) is 0 Å². The molecule has 1 saturated heterocycles. The molecule has 30 heavy (non-hydrogen) atoms. The first-order chi connectivity index (χ1) is 14.6. The molecule has 0 saturated carbocycles. The van der Waals surface area contributed by atoms with Crippen LogP contribution >= 0.6 is 0 Å². The van der Waals surface area contributed by atoms with E-state index in [1.54, 1.807) is 20.4 Å². The van der Waals surface area contributed by atoms with E-state index < -0.39 is 0 Å². The van der Waals surface area contributed by atoms with E-state index in [9.17, 15) is 4.79 Å². The van der Waals surface area contributed by atoms with Crippen molar-refractivity contribution >= 4 is 5.91 Å². The molecule has 1 aliphatic heterocycles. The van der Waals surface area contributed by atoms with Crippen molar-refractivity contribution in [2.45, 2.75) is 38.8 Å². The number of ether oxygens (including phenoxy) is 2. The van der Waals surface area contributed by atoms with E-state index in [4.69, 9.17) is 9.47 Å². The number of aromatic nitrogens is 1. The summed E-state index contributed by atoms with van der Waals surface area (Å²) in [4.78, 5) is 19.5. The standard InChI is InChI=1S/C24H33N3O3/c1-18-8-6-9-20(24(18)30-3)17-27-14-7-10-19(16-27)23(21-11-4-5-13-25-21)26-22(28)12-15-29-2/h4-6,8-9,11,13,19,23H,7,10,12,14-17H2,1-3H3,(H,26,28)/t19-,23-/m1/s1. The number of carbonyl (C=O) groups is 1. The molecule has 0 unspecified atom stereocenters. The molecule has 2 atom stereocenters. The van der Waals surface area contributed by atoms with Gasteiger partial charge in [-0.05, 0) is 49.9 Å². The zero-order valence-electron chi connectivity index (χ0n) is 18.3. The molecule has 1 fully saturated rings. The molecule has 0 spiro atoms. The highest BCUT2D eigenvalue weighted by atomic mass is 16.5. The summed E-state index contributed by atoms with van der Waals surface area (Å²) in [5.74, 6) is 1.27. The maximum atomic E-state index is 12.5. The second kappa shape index (κ2) is 11.1. The fourth-order valence-corrected chi connectivity index (χ4v) is 4.31. The number of nitrogens with one attached hydrogen (secondary N) is 1. The molecule has 0 bridgehead atoms. The number of rotatable bonds is 9. The molecule has 1 N–H and O–H groups in total. The van der Waals surface area contributed by atoms with Crippen molar-refractivity contribution in [1.29, 1.82) is 0 Å². The predicted molar refractivity (Wildman–Crippen MR) is 117 cm³/mol. The molecule has 1 aromatic carbocycles. The Balaban J connectivity index is 1.74. The number of para-hydroxylation sites is 1. The van der Waals surface area contributed by atoms with Crippen LogP contribution in [0, 0.1) is 12.8 Å². The summed E-state index contributed by atoms with van der Waals surface area (Å²) < 4.78 is 10.7. The number of amides is 1. The lowest BCUT2D eigenvalue weighted by Crippen LogP contribution is -2.43. The van der Waals surface area contributed by atoms with E-state index >= 15 is 0 Å². The Bertz CT molecular complexity index is 813. The van der Waals surface area contributed by atoms with Crippen molar-refractivity contribution in [3.63, 3.8) is 0 Å². The number of hydrogen-bond acceptors (Lipinski definition) is 5. The third-order valence-corrected chi connectivity index (χ3v) is 5.76. The lowest BCUT2D eigenvalue weighted by atomic mass is 9.88. The largest absolute Gasteiger partial charge is 0.496 e. The highest BCUT2D eigenvalue weighted by Crippen LogP contribution is 2.31. The van der Waals surface area contributed by atoms with Gasteiger partial charge in [0, 0.05) is 38.4 Å². The summed E-state index contributed by atoms with van der Waals surface area (Å²) in [5.41, 5.74) is 3.28. The molecule has 1 aliphatic rings. The third-order valence-electron chi connectivity index (χ3n) is 5.76. The first-order valence-electron chi connectivity index (χ1n) is 10.7. The van der Waals surface area contributed by atoms with Gasteiger partial charge in [-0.25, -0.2) is 0 Å². The average Bonchev–Trinajstić information content (AvgIpc) is 2.77. The van der Waals surface area contributed by atoms with Gasteiger partial charge in [0.15, 0.2) is 0 Å². The summed E-state index contributed by atoms with van der Waals surface area (Å²) in [6, 6.07) is 12.1. The summed E-state index contributed by atoms with van der Waals surface area (Å²) >= 11 is 0. The Labute approximate surface area is 179 Å². The lowest BCUT2D eigenvalue weighted by Gasteiger charge is -2.37. The molecule has 6 heteroatoms. The number of benzene rings is 1. The summed E-state index contributed by atoms with van der Waals surface area (Å²) in [7, 11) is 3.35. The zero-order chi connectivity index (χ0) is 21.3. The summed E-state index contributed by atoms with van der Waals surface area (Å²) in [5, 5.41) is 3.22. The number of pyridine rings is 1. The topological polar surface area (TPSA) is 63.7 Å². The van der Waals surface area contributed by atoms with Crippen LogP contribution in [0.5, 0.6) is 5.75 Å². The zero-order valence-corrected chi connectivity index (χ0v) is 18.3. The molecule has 1 aromatic heterocycles. The average molecular weight is 412 g/mol. The molecule has 2 aromatic rings. The van der Waals surface area contributed by atoms with Gasteiger partial charge in [0.25, 0.3) is 0 Å². The minimum atomic E-state index is -0.0993. The van der Waals surface area contributed by atoms with Gasteiger partial charge >= 0.3 is 0 Å². The van der Waals surface area contributed by atoms with Gasteiger partial charge in [0.05, 0.1) is 25.5 Å². The second-order valence-electron chi connectivity index (χ2n) is 7.95. The van der Waals surface area contributed by atoms with E-state index in [1.165, 1.54) is 5.56 Å². The van der Waals surface area contributed by atoms with Crippen LogP contribution in [-0.2, 0) is 16.1 Å². The molecule has 3 rings (SSSR count). The summed E-state index contributed by atoms with van der Waals surface area (Å²) in [6.07, 6.45) is 4.31. The highest BCUT2D eigenvalue weighted by Gasteiger charge is 2.30. The van der Waals surface area contributed by atoms with E-state index in [0.29, 0.717) is 18.9 Å². The van der Waals surface area contributed by atoms with E-state index in [2.05, 4.69) is 40.3 Å². The van der Waals surface area contributed by atoms with Crippen LogP contribution in [0.15, 0.2) is 42.6 Å². The molecular formula is C24H33N3O3. The van der Waals surface area contributed by atoms with Crippen molar-refractivity contribution in [1.82, 2.24) is 15.2 Å². The molecular weight excluding hydrogens is 378 g/mol. The summed E-state index contributed by atoms with van der Waals surface area (Å²) in [6.45, 7) is 5.29. The first-order valence-corrected chi connectivity index (χ1v) is 10.7. The molecule has 0 radical (unpaired) electrons. The van der Waals surface area contributed by atoms with E-state index in [0.717, 1.165) is 49.5 Å². The molecule has 6 nitrogen and oxygen atoms in total. The van der Waals surface area contributed by atoms with Crippen molar-refractivity contribution in [3.05, 3.63) is 59.4 Å². The van der Waals surface area contributed by atoms with Gasteiger partial charge < -0.3 is 14.8 Å². The number of carbonyl (C=O) groups excluding carboxylic acids is 1. The first kappa shape index (κ1) is 22.2. The normalized spacial score (nSPS) is 18.0. The number of hydrogen-bond donors (Lipinski definition) is 1. The fourth-order valence-electron chi connectivity index (χ4n) is 4.31. The number of methoxy groups -OCH3 is 2. The third kappa shape index (κ3) is 5.80. The van der Waals surface area contributed by atoms with Crippen LogP contribution < -0.4 is 10.1 Å². The second-order valence-corrected chi connectivity index (χ2v) is 7.95. The van der Waals surface area contributed by atoms with E-state index in [-0.39, 0.29) is 11.9 Å². The van der Waals surface area contributed by atoms with Crippen LogP contribution in [0.4, 0.5) is 0 Å². The molecule has 0 aliphatic carbocycles. The fraction of sp³-hybridized carbons (Fsp3) is 0.500. The van der Waals surface area contributed by atoms with E-state index in [1.807, 2.05) is 18.2 Å². The Morgan fingerprint density at radius 2 is 2.13 bits per heavy atom. The number of aryl methyl sites for hydroxylation is 1. The SMILES string of the molecule is COCCC(=O)N[C@@H](c1ccccn1)[C@@H]1CCCN(Cc2cccc(C)c2OC)C1.